The van der Waals surface area contributed by atoms with Crippen LogP contribution in [0.3, 0.4) is 0 Å². The number of hydrogen-bond acceptors (Lipinski definition) is 3. The minimum absolute atomic E-state index is 0.0872. The van der Waals surface area contributed by atoms with Crippen LogP contribution in [0.1, 0.15) is 52.4 Å². The number of aliphatic hydroxyl groups excluding tert-OH is 1. The van der Waals surface area contributed by atoms with Crippen LogP contribution in [0.15, 0.2) is 0 Å². The van der Waals surface area contributed by atoms with Gasteiger partial charge in [-0.3, -0.25) is 0 Å². The molecule has 3 atom stereocenters. The molecule has 1 N–H and O–H groups in total. The second-order valence-electron chi connectivity index (χ2n) is 5.33. The fourth-order valence-electron chi connectivity index (χ4n) is 2.51. The summed E-state index contributed by atoms with van der Waals surface area (Å²) in [7, 11) is 0. The molecule has 3 heteroatoms. The topological polar surface area (TPSA) is 42.0 Å². The van der Waals surface area contributed by atoms with E-state index >= 15 is 0 Å². The van der Waals surface area contributed by atoms with Crippen LogP contribution in [0.5, 0.6) is 0 Å². The fourth-order valence-corrected chi connectivity index (χ4v) is 2.51. The van der Waals surface area contributed by atoms with Crippen molar-refractivity contribution in [2.24, 2.45) is 0 Å². The molecule has 2 fully saturated rings. The van der Waals surface area contributed by atoms with Crippen molar-refractivity contribution in [2.75, 3.05) is 0 Å². The van der Waals surface area contributed by atoms with Gasteiger partial charge >= 0.3 is 0 Å². The molecule has 0 aromatic carbocycles. The van der Waals surface area contributed by atoms with E-state index in [4.69, 9.17) is 9.47 Å². The lowest BCUT2D eigenvalue weighted by Crippen LogP contribution is -2.27. The van der Waals surface area contributed by atoms with Gasteiger partial charge in [-0.2, -0.15) is 0 Å². The first kappa shape index (κ1) is 12.3. The summed E-state index contributed by atoms with van der Waals surface area (Å²) in [6.45, 7) is 4.27. The normalized spacial score (nSPS) is 40.7. The van der Waals surface area contributed by atoms with Crippen molar-refractivity contribution in [3.63, 3.8) is 0 Å². The maximum atomic E-state index is 9.40. The van der Waals surface area contributed by atoms with Gasteiger partial charge in [0.15, 0.2) is 0 Å². The second-order valence-corrected chi connectivity index (χ2v) is 5.33. The summed E-state index contributed by atoms with van der Waals surface area (Å²) in [4.78, 5) is 0. The summed E-state index contributed by atoms with van der Waals surface area (Å²) in [6.07, 6.45) is 7.62. The number of ether oxygens (including phenoxy) is 2. The zero-order chi connectivity index (χ0) is 11.5. The van der Waals surface area contributed by atoms with Crippen molar-refractivity contribution < 1.29 is 14.6 Å². The summed E-state index contributed by atoms with van der Waals surface area (Å²) in [5.41, 5.74) is 0. The highest BCUT2D eigenvalue weighted by Gasteiger charge is 2.33. The predicted molar refractivity (Wildman–Crippen MR) is 62.4 cm³/mol. The third kappa shape index (κ3) is 3.72. The molecule has 16 heavy (non-hydrogen) atoms. The van der Waals surface area contributed by atoms with Gasteiger partial charge in [-0.15, -0.1) is 0 Å². The van der Waals surface area contributed by atoms with Gasteiger partial charge in [-0.05, 0) is 52.4 Å². The van der Waals surface area contributed by atoms with E-state index in [9.17, 15) is 5.11 Å². The summed E-state index contributed by atoms with van der Waals surface area (Å²) in [5, 5.41) is 9.40. The van der Waals surface area contributed by atoms with Gasteiger partial charge in [0.25, 0.3) is 0 Å². The minimum Gasteiger partial charge on any atom is -0.393 e. The zero-order valence-electron chi connectivity index (χ0n) is 10.4. The van der Waals surface area contributed by atoms with Crippen LogP contribution in [-0.2, 0) is 9.47 Å². The van der Waals surface area contributed by atoms with Gasteiger partial charge in [0.05, 0.1) is 30.5 Å². The van der Waals surface area contributed by atoms with Crippen LogP contribution < -0.4 is 0 Å². The molecule has 0 bridgehead atoms. The molecular formula is C13H24O3. The number of aliphatic hydroxyl groups is 1. The molecule has 3 nitrogen and oxygen atoms in total. The molecule has 1 aliphatic carbocycles. The average Bonchev–Trinajstić information content (AvgIpc) is 2.95. The van der Waals surface area contributed by atoms with Crippen LogP contribution in [-0.4, -0.2) is 35.6 Å². The molecule has 1 aliphatic heterocycles. The first-order valence-electron chi connectivity index (χ1n) is 6.64. The Morgan fingerprint density at radius 1 is 1.31 bits per heavy atom. The average molecular weight is 228 g/mol. The van der Waals surface area contributed by atoms with E-state index in [1.807, 2.05) is 0 Å². The molecule has 0 amide bonds. The highest BCUT2D eigenvalue weighted by molar-refractivity contribution is 4.81. The standard InChI is InChI=1S/C13H24O3/c1-9(3-8-13-10(2)16-13)15-12-6-4-11(14)5-7-12/h9-14H,3-8H2,1-2H3. The lowest BCUT2D eigenvalue weighted by Gasteiger charge is -2.28. The third-order valence-electron chi connectivity index (χ3n) is 3.76. The highest BCUT2D eigenvalue weighted by Crippen LogP contribution is 2.28. The van der Waals surface area contributed by atoms with Gasteiger partial charge in [0.1, 0.15) is 0 Å². The van der Waals surface area contributed by atoms with Crippen molar-refractivity contribution >= 4 is 0 Å². The Morgan fingerprint density at radius 2 is 1.94 bits per heavy atom. The summed E-state index contributed by atoms with van der Waals surface area (Å²) in [5.74, 6) is 0. The zero-order valence-corrected chi connectivity index (χ0v) is 10.4. The van der Waals surface area contributed by atoms with Crippen LogP contribution in [0.4, 0.5) is 0 Å². The van der Waals surface area contributed by atoms with Gasteiger partial charge in [-0.1, -0.05) is 0 Å². The van der Waals surface area contributed by atoms with Crippen molar-refractivity contribution in [1.82, 2.24) is 0 Å². The van der Waals surface area contributed by atoms with Crippen LogP contribution in [0.2, 0.25) is 0 Å². The van der Waals surface area contributed by atoms with Crippen LogP contribution in [0, 0.1) is 0 Å². The van der Waals surface area contributed by atoms with Crippen molar-refractivity contribution in [2.45, 2.75) is 82.9 Å². The molecule has 3 unspecified atom stereocenters. The molecule has 0 aromatic rings. The van der Waals surface area contributed by atoms with Gasteiger partial charge in [-0.25, -0.2) is 0 Å². The Kier molecular flexibility index (Phi) is 4.22. The Bertz CT molecular complexity index is 211. The molecule has 1 saturated carbocycles. The van der Waals surface area contributed by atoms with Crippen molar-refractivity contribution in [3.8, 4) is 0 Å². The van der Waals surface area contributed by atoms with E-state index in [0.29, 0.717) is 24.4 Å². The molecule has 2 aliphatic rings. The maximum Gasteiger partial charge on any atom is 0.0840 e. The van der Waals surface area contributed by atoms with E-state index < -0.39 is 0 Å². The molecule has 2 rings (SSSR count). The molecule has 1 saturated heterocycles. The summed E-state index contributed by atoms with van der Waals surface area (Å²) < 4.78 is 11.4. The molecule has 0 spiro atoms. The van der Waals surface area contributed by atoms with E-state index in [0.717, 1.165) is 38.5 Å². The number of epoxide rings is 1. The number of hydrogen-bond donors (Lipinski definition) is 1. The van der Waals surface area contributed by atoms with Crippen LogP contribution >= 0.6 is 0 Å². The van der Waals surface area contributed by atoms with E-state index in [1.54, 1.807) is 0 Å². The van der Waals surface area contributed by atoms with E-state index in [2.05, 4.69) is 13.8 Å². The van der Waals surface area contributed by atoms with E-state index in [-0.39, 0.29) is 6.10 Å². The first-order valence-corrected chi connectivity index (χ1v) is 6.64. The van der Waals surface area contributed by atoms with Crippen LogP contribution in [0.25, 0.3) is 0 Å². The quantitative estimate of drug-likeness (QED) is 0.734. The Labute approximate surface area is 98.1 Å². The minimum atomic E-state index is -0.0872. The van der Waals surface area contributed by atoms with E-state index in [1.165, 1.54) is 0 Å². The Hall–Kier alpha value is -0.120. The summed E-state index contributed by atoms with van der Waals surface area (Å²) >= 11 is 0. The monoisotopic (exact) mass is 228 g/mol. The Balaban J connectivity index is 1.57. The van der Waals surface area contributed by atoms with Gasteiger partial charge < -0.3 is 14.6 Å². The number of rotatable bonds is 5. The second kappa shape index (κ2) is 5.48. The molecule has 1 heterocycles. The summed E-state index contributed by atoms with van der Waals surface area (Å²) in [6, 6.07) is 0. The lowest BCUT2D eigenvalue weighted by molar-refractivity contribution is -0.0442. The maximum absolute atomic E-state index is 9.40. The molecule has 0 aromatic heterocycles. The smallest absolute Gasteiger partial charge is 0.0840 e. The van der Waals surface area contributed by atoms with Crippen molar-refractivity contribution in [1.29, 1.82) is 0 Å². The SMILES string of the molecule is CC(CCC1OC1C)OC1CCC(O)CC1. The Morgan fingerprint density at radius 3 is 2.50 bits per heavy atom. The van der Waals surface area contributed by atoms with Gasteiger partial charge in [0, 0.05) is 0 Å². The molecular weight excluding hydrogens is 204 g/mol. The largest absolute Gasteiger partial charge is 0.393 e. The highest BCUT2D eigenvalue weighted by atomic mass is 16.6. The lowest BCUT2D eigenvalue weighted by atomic mass is 9.95. The molecule has 94 valence electrons. The van der Waals surface area contributed by atoms with Crippen molar-refractivity contribution in [3.05, 3.63) is 0 Å². The third-order valence-corrected chi connectivity index (χ3v) is 3.76. The predicted octanol–water partition coefficient (Wildman–Crippen LogP) is 2.26. The van der Waals surface area contributed by atoms with Gasteiger partial charge in [0.2, 0.25) is 0 Å². The fraction of sp³-hybridized carbons (Fsp3) is 1.00. The molecule has 0 radical (unpaired) electrons. The first-order chi connectivity index (χ1) is 7.65.